The molecule has 0 saturated carbocycles. The molecule has 7 heteroatoms. The third kappa shape index (κ3) is 5.22. The first-order chi connectivity index (χ1) is 13.5. The molecule has 3 rings (SSSR count). The van der Waals surface area contributed by atoms with E-state index in [0.717, 1.165) is 16.9 Å². The van der Waals surface area contributed by atoms with E-state index in [9.17, 15) is 14.0 Å². The number of amides is 3. The van der Waals surface area contributed by atoms with Crippen molar-refractivity contribution in [2.24, 2.45) is 0 Å². The maximum absolute atomic E-state index is 13.2. The molecule has 2 aromatic rings. The van der Waals surface area contributed by atoms with Crippen LogP contribution >= 0.6 is 0 Å². The summed E-state index contributed by atoms with van der Waals surface area (Å²) in [6, 6.07) is 11.5. The Morgan fingerprint density at radius 3 is 2.86 bits per heavy atom. The molecule has 0 spiro atoms. The second kappa shape index (κ2) is 9.21. The molecule has 3 amide bonds. The number of urea groups is 1. The van der Waals surface area contributed by atoms with Gasteiger partial charge in [0.25, 0.3) is 0 Å². The summed E-state index contributed by atoms with van der Waals surface area (Å²) in [4.78, 5) is 26.0. The van der Waals surface area contributed by atoms with Crippen molar-refractivity contribution in [1.29, 1.82) is 0 Å². The minimum Gasteiger partial charge on any atom is -0.491 e. The lowest BCUT2D eigenvalue weighted by atomic mass is 10.0. The highest BCUT2D eigenvalue weighted by Gasteiger charge is 2.19. The molecule has 0 atom stereocenters. The topological polar surface area (TPSA) is 70.7 Å². The van der Waals surface area contributed by atoms with Crippen molar-refractivity contribution in [3.05, 3.63) is 59.4 Å². The van der Waals surface area contributed by atoms with E-state index >= 15 is 0 Å². The summed E-state index contributed by atoms with van der Waals surface area (Å²) < 4.78 is 18.9. The van der Waals surface area contributed by atoms with Crippen molar-refractivity contribution in [3.63, 3.8) is 0 Å². The average molecular weight is 385 g/mol. The van der Waals surface area contributed by atoms with Crippen LogP contribution in [0.2, 0.25) is 0 Å². The van der Waals surface area contributed by atoms with Crippen LogP contribution in [0.15, 0.2) is 42.5 Å². The minimum absolute atomic E-state index is 0.112. The number of fused-ring (bicyclic) bond motifs is 1. The number of aryl methyl sites for hydroxylation is 1. The number of anilines is 1. The van der Waals surface area contributed by atoms with E-state index in [1.165, 1.54) is 12.1 Å². The Hall–Kier alpha value is -3.09. The number of carbonyl (C=O) groups excluding carboxylic acids is 2. The van der Waals surface area contributed by atoms with Crippen LogP contribution in [0, 0.1) is 5.82 Å². The average Bonchev–Trinajstić information content (AvgIpc) is 2.88. The fourth-order valence-electron chi connectivity index (χ4n) is 3.09. The number of nitrogens with zero attached hydrogens (tertiary/aromatic N) is 1. The lowest BCUT2D eigenvalue weighted by Crippen LogP contribution is -2.40. The third-order valence-corrected chi connectivity index (χ3v) is 4.47. The van der Waals surface area contributed by atoms with Crippen LogP contribution in [0.1, 0.15) is 24.5 Å². The predicted octanol–water partition coefficient (Wildman–Crippen LogP) is 3.32. The van der Waals surface area contributed by atoms with Crippen LogP contribution in [0.5, 0.6) is 5.75 Å². The lowest BCUT2D eigenvalue weighted by Gasteiger charge is -2.20. The minimum atomic E-state index is -0.389. The van der Waals surface area contributed by atoms with E-state index in [1.54, 1.807) is 17.0 Å². The molecule has 1 aliphatic heterocycles. The first-order valence-corrected chi connectivity index (χ1v) is 9.38. The van der Waals surface area contributed by atoms with Crippen LogP contribution in [-0.4, -0.2) is 36.5 Å². The normalized spacial score (nSPS) is 13.1. The number of carbonyl (C=O) groups is 2. The molecule has 1 aliphatic rings. The zero-order chi connectivity index (χ0) is 19.9. The molecule has 0 radical (unpaired) electrons. The van der Waals surface area contributed by atoms with Gasteiger partial charge in [0.05, 0.1) is 13.1 Å². The summed E-state index contributed by atoms with van der Waals surface area (Å²) in [6.45, 7) is 3.88. The SMILES string of the molecule is CCNC(=O)N1CCOc2ccc(CCC(=O)Nc3cccc(F)c3)cc2C1. The number of ether oxygens (including phenoxy) is 1. The van der Waals surface area contributed by atoms with Gasteiger partial charge in [0.2, 0.25) is 5.91 Å². The fraction of sp³-hybridized carbons (Fsp3) is 0.333. The monoisotopic (exact) mass is 385 g/mol. The fourth-order valence-corrected chi connectivity index (χ4v) is 3.09. The Morgan fingerprint density at radius 2 is 2.07 bits per heavy atom. The largest absolute Gasteiger partial charge is 0.491 e. The smallest absolute Gasteiger partial charge is 0.317 e. The molecule has 0 unspecified atom stereocenters. The molecule has 2 N–H and O–H groups in total. The zero-order valence-corrected chi connectivity index (χ0v) is 15.8. The molecular formula is C21H24FN3O3. The second-order valence-electron chi connectivity index (χ2n) is 6.61. The number of nitrogens with one attached hydrogen (secondary N) is 2. The van der Waals surface area contributed by atoms with E-state index in [-0.39, 0.29) is 24.2 Å². The molecule has 1 heterocycles. The van der Waals surface area contributed by atoms with Gasteiger partial charge in [-0.2, -0.15) is 0 Å². The molecule has 0 aliphatic carbocycles. The quantitative estimate of drug-likeness (QED) is 0.830. The molecule has 2 aromatic carbocycles. The Balaban J connectivity index is 1.61. The highest BCUT2D eigenvalue weighted by Crippen LogP contribution is 2.25. The summed E-state index contributed by atoms with van der Waals surface area (Å²) in [6.07, 6.45) is 0.811. The molecule has 0 saturated heterocycles. The molecule has 6 nitrogen and oxygen atoms in total. The van der Waals surface area contributed by atoms with Crippen molar-refractivity contribution in [1.82, 2.24) is 10.2 Å². The maximum Gasteiger partial charge on any atom is 0.317 e. The first-order valence-electron chi connectivity index (χ1n) is 9.38. The Bertz CT molecular complexity index is 857. The first kappa shape index (κ1) is 19.7. The van der Waals surface area contributed by atoms with E-state index < -0.39 is 0 Å². The summed E-state index contributed by atoms with van der Waals surface area (Å²) in [5.41, 5.74) is 2.35. The van der Waals surface area contributed by atoms with Gasteiger partial charge < -0.3 is 20.3 Å². The van der Waals surface area contributed by atoms with Crippen LogP contribution in [0.3, 0.4) is 0 Å². The van der Waals surface area contributed by atoms with Crippen LogP contribution in [-0.2, 0) is 17.8 Å². The Kier molecular flexibility index (Phi) is 6.47. The van der Waals surface area contributed by atoms with Gasteiger partial charge in [0.1, 0.15) is 18.2 Å². The van der Waals surface area contributed by atoms with Crippen molar-refractivity contribution >= 4 is 17.6 Å². The standard InChI is InChI=1S/C21H24FN3O3/c1-2-23-21(27)25-10-11-28-19-8-6-15(12-16(19)14-25)7-9-20(26)24-18-5-3-4-17(22)13-18/h3-6,8,12-13H,2,7,9-11,14H2,1H3,(H,23,27)(H,24,26). The van der Waals surface area contributed by atoms with Gasteiger partial charge in [-0.05, 0) is 43.2 Å². The number of hydrogen-bond acceptors (Lipinski definition) is 3. The van der Waals surface area contributed by atoms with Crippen LogP contribution in [0.25, 0.3) is 0 Å². The molecular weight excluding hydrogens is 361 g/mol. The zero-order valence-electron chi connectivity index (χ0n) is 15.8. The molecule has 0 aromatic heterocycles. The van der Waals surface area contributed by atoms with Crippen molar-refractivity contribution in [2.45, 2.75) is 26.3 Å². The maximum atomic E-state index is 13.2. The highest BCUT2D eigenvalue weighted by molar-refractivity contribution is 5.90. The molecule has 148 valence electrons. The van der Waals surface area contributed by atoms with Gasteiger partial charge in [-0.3, -0.25) is 4.79 Å². The lowest BCUT2D eigenvalue weighted by molar-refractivity contribution is -0.116. The number of benzene rings is 2. The number of rotatable bonds is 5. The van der Waals surface area contributed by atoms with E-state index in [0.29, 0.717) is 38.3 Å². The van der Waals surface area contributed by atoms with Crippen LogP contribution < -0.4 is 15.4 Å². The predicted molar refractivity (Wildman–Crippen MR) is 105 cm³/mol. The van der Waals surface area contributed by atoms with Gasteiger partial charge in [0.15, 0.2) is 0 Å². The summed E-state index contributed by atoms with van der Waals surface area (Å²) in [7, 11) is 0. The molecule has 0 fully saturated rings. The van der Waals surface area contributed by atoms with Crippen molar-refractivity contribution in [3.8, 4) is 5.75 Å². The van der Waals surface area contributed by atoms with Gasteiger partial charge >= 0.3 is 6.03 Å². The second-order valence-corrected chi connectivity index (χ2v) is 6.61. The molecule has 28 heavy (non-hydrogen) atoms. The van der Waals surface area contributed by atoms with E-state index in [4.69, 9.17) is 4.74 Å². The Labute approximate surface area is 163 Å². The van der Waals surface area contributed by atoms with E-state index in [1.807, 2.05) is 25.1 Å². The van der Waals surface area contributed by atoms with Gasteiger partial charge in [-0.1, -0.05) is 18.2 Å². The summed E-state index contributed by atoms with van der Waals surface area (Å²) in [5.74, 6) is 0.195. The van der Waals surface area contributed by atoms with Gasteiger partial charge in [-0.25, -0.2) is 9.18 Å². The molecule has 0 bridgehead atoms. The van der Waals surface area contributed by atoms with Crippen molar-refractivity contribution in [2.75, 3.05) is 25.0 Å². The summed E-state index contributed by atoms with van der Waals surface area (Å²) in [5, 5.41) is 5.50. The summed E-state index contributed by atoms with van der Waals surface area (Å²) >= 11 is 0. The number of halogens is 1. The van der Waals surface area contributed by atoms with Crippen molar-refractivity contribution < 1.29 is 18.7 Å². The van der Waals surface area contributed by atoms with E-state index in [2.05, 4.69) is 10.6 Å². The highest BCUT2D eigenvalue weighted by atomic mass is 19.1. The third-order valence-electron chi connectivity index (χ3n) is 4.47. The van der Waals surface area contributed by atoms with Gasteiger partial charge in [0, 0.05) is 24.2 Å². The van der Waals surface area contributed by atoms with Crippen LogP contribution in [0.4, 0.5) is 14.9 Å². The number of hydrogen-bond donors (Lipinski definition) is 2. The van der Waals surface area contributed by atoms with Gasteiger partial charge in [-0.15, -0.1) is 0 Å². The Morgan fingerprint density at radius 1 is 1.21 bits per heavy atom.